The average Bonchev–Trinajstić information content (AvgIpc) is 2.96. The van der Waals surface area contributed by atoms with Crippen LogP contribution in [0.25, 0.3) is 6.08 Å². The molecule has 2 aromatic rings. The zero-order chi connectivity index (χ0) is 21.8. The molecule has 0 bridgehead atoms. The van der Waals surface area contributed by atoms with Gasteiger partial charge in [0, 0.05) is 11.5 Å². The number of carboxylic acid groups (broad SMARTS) is 1. The number of thioether (sulfide) groups is 1. The SMILES string of the molecule is CCOc1cc(/C=C2\SC(=S)N(C)C2=O)c(Br)cc1OCc1ccc(C(=O)O)cc1. The summed E-state index contributed by atoms with van der Waals surface area (Å²) in [5, 5.41) is 8.99. The number of ether oxygens (including phenoxy) is 2. The summed E-state index contributed by atoms with van der Waals surface area (Å²) < 4.78 is 12.9. The number of carbonyl (C=O) groups excluding carboxylic acids is 1. The molecule has 6 nitrogen and oxygen atoms in total. The highest BCUT2D eigenvalue weighted by molar-refractivity contribution is 9.10. The van der Waals surface area contributed by atoms with Crippen LogP contribution in [-0.2, 0) is 11.4 Å². The second kappa shape index (κ2) is 9.63. The van der Waals surface area contributed by atoms with E-state index < -0.39 is 5.97 Å². The molecule has 3 rings (SSSR count). The van der Waals surface area contributed by atoms with Gasteiger partial charge in [0.15, 0.2) is 11.5 Å². The van der Waals surface area contributed by atoms with Crippen LogP contribution >= 0.6 is 39.9 Å². The standard InChI is InChI=1S/C21H18BrNO5S2/c1-3-27-16-8-14(9-18-19(24)23(2)21(29)30-18)15(22)10-17(16)28-11-12-4-6-13(7-5-12)20(25)26/h4-10H,3,11H2,1-2H3,(H,25,26)/b18-9-. The van der Waals surface area contributed by atoms with Crippen molar-refractivity contribution in [3.8, 4) is 11.5 Å². The predicted molar refractivity (Wildman–Crippen MR) is 124 cm³/mol. The summed E-state index contributed by atoms with van der Waals surface area (Å²) in [5.74, 6) is -0.0343. The molecule has 1 saturated heterocycles. The van der Waals surface area contributed by atoms with E-state index in [1.165, 1.54) is 28.8 Å². The highest BCUT2D eigenvalue weighted by atomic mass is 79.9. The van der Waals surface area contributed by atoms with E-state index in [9.17, 15) is 9.59 Å². The third kappa shape index (κ3) is 5.03. The summed E-state index contributed by atoms with van der Waals surface area (Å²) in [4.78, 5) is 25.2. The first-order chi connectivity index (χ1) is 14.3. The second-order valence-corrected chi connectivity index (χ2v) is 8.82. The third-order valence-corrected chi connectivity index (χ3v) is 6.40. The largest absolute Gasteiger partial charge is 0.490 e. The van der Waals surface area contributed by atoms with Gasteiger partial charge in [-0.2, -0.15) is 0 Å². The number of amides is 1. The van der Waals surface area contributed by atoms with Crippen molar-refractivity contribution in [1.29, 1.82) is 0 Å². The van der Waals surface area contributed by atoms with Crippen molar-refractivity contribution in [2.75, 3.05) is 13.7 Å². The molecule has 0 saturated carbocycles. The summed E-state index contributed by atoms with van der Waals surface area (Å²) in [6.07, 6.45) is 1.77. The molecule has 0 aliphatic carbocycles. The number of aromatic carboxylic acids is 1. The fourth-order valence-corrected chi connectivity index (χ4v) is 4.24. The Bertz CT molecular complexity index is 1040. The number of rotatable bonds is 7. The van der Waals surface area contributed by atoms with Gasteiger partial charge in [0.2, 0.25) is 0 Å². The molecule has 1 N–H and O–H groups in total. The van der Waals surface area contributed by atoms with E-state index in [4.69, 9.17) is 26.8 Å². The van der Waals surface area contributed by atoms with Gasteiger partial charge in [0.25, 0.3) is 5.91 Å². The number of hydrogen-bond acceptors (Lipinski definition) is 6. The van der Waals surface area contributed by atoms with E-state index in [1.807, 2.05) is 6.92 Å². The Morgan fingerprint density at radius 3 is 2.47 bits per heavy atom. The number of likely N-dealkylation sites (N-methyl/N-ethyl adjacent to an activating group) is 1. The zero-order valence-electron chi connectivity index (χ0n) is 16.2. The van der Waals surface area contributed by atoms with Crippen LogP contribution in [-0.4, -0.2) is 39.9 Å². The highest BCUT2D eigenvalue weighted by Gasteiger charge is 2.29. The Morgan fingerprint density at radius 2 is 1.90 bits per heavy atom. The molecule has 30 heavy (non-hydrogen) atoms. The zero-order valence-corrected chi connectivity index (χ0v) is 19.4. The van der Waals surface area contributed by atoms with Gasteiger partial charge in [-0.05, 0) is 48.4 Å². The fraction of sp³-hybridized carbons (Fsp3) is 0.190. The number of thiocarbonyl (C=S) groups is 1. The summed E-state index contributed by atoms with van der Waals surface area (Å²) >= 11 is 9.96. The lowest BCUT2D eigenvalue weighted by Crippen LogP contribution is -2.22. The lowest BCUT2D eigenvalue weighted by Gasteiger charge is -2.14. The molecule has 0 radical (unpaired) electrons. The molecule has 1 amide bonds. The van der Waals surface area contributed by atoms with Gasteiger partial charge in [-0.1, -0.05) is 52.0 Å². The van der Waals surface area contributed by atoms with Crippen molar-refractivity contribution >= 4 is 62.2 Å². The topological polar surface area (TPSA) is 76.1 Å². The van der Waals surface area contributed by atoms with Crippen LogP contribution in [0.2, 0.25) is 0 Å². The van der Waals surface area contributed by atoms with Crippen LogP contribution in [0.4, 0.5) is 0 Å². The number of benzene rings is 2. The quantitative estimate of drug-likeness (QED) is 0.419. The average molecular weight is 508 g/mol. The van der Waals surface area contributed by atoms with E-state index in [0.717, 1.165) is 15.6 Å². The molecular formula is C21H18BrNO5S2. The number of carbonyl (C=O) groups is 2. The van der Waals surface area contributed by atoms with Crippen molar-refractivity contribution in [2.24, 2.45) is 0 Å². The van der Waals surface area contributed by atoms with E-state index >= 15 is 0 Å². The molecule has 1 heterocycles. The molecule has 2 aromatic carbocycles. The number of halogens is 1. The molecule has 0 unspecified atom stereocenters. The Kier molecular flexibility index (Phi) is 7.17. The highest BCUT2D eigenvalue weighted by Crippen LogP contribution is 2.38. The summed E-state index contributed by atoms with van der Waals surface area (Å²) in [6.45, 7) is 2.57. The Hall–Kier alpha value is -2.36. The van der Waals surface area contributed by atoms with Crippen LogP contribution in [0.3, 0.4) is 0 Å². The van der Waals surface area contributed by atoms with E-state index in [-0.39, 0.29) is 18.1 Å². The van der Waals surface area contributed by atoms with E-state index in [1.54, 1.807) is 37.4 Å². The third-order valence-electron chi connectivity index (χ3n) is 4.23. The first-order valence-electron chi connectivity index (χ1n) is 8.93. The smallest absolute Gasteiger partial charge is 0.335 e. The van der Waals surface area contributed by atoms with Crippen molar-refractivity contribution < 1.29 is 24.2 Å². The van der Waals surface area contributed by atoms with Gasteiger partial charge >= 0.3 is 5.97 Å². The predicted octanol–water partition coefficient (Wildman–Crippen LogP) is 4.96. The molecule has 0 aromatic heterocycles. The molecule has 1 fully saturated rings. The Labute approximate surface area is 192 Å². The first-order valence-corrected chi connectivity index (χ1v) is 10.9. The van der Waals surface area contributed by atoms with Gasteiger partial charge in [-0.15, -0.1) is 0 Å². The van der Waals surface area contributed by atoms with Crippen molar-refractivity contribution in [3.05, 3.63) is 62.5 Å². The van der Waals surface area contributed by atoms with Crippen molar-refractivity contribution in [3.63, 3.8) is 0 Å². The number of nitrogens with zero attached hydrogens (tertiary/aromatic N) is 1. The van der Waals surface area contributed by atoms with Crippen LogP contribution in [0.1, 0.15) is 28.4 Å². The summed E-state index contributed by atoms with van der Waals surface area (Å²) in [6, 6.07) is 10.1. The summed E-state index contributed by atoms with van der Waals surface area (Å²) in [7, 11) is 1.65. The normalized spacial score (nSPS) is 15.0. The second-order valence-electron chi connectivity index (χ2n) is 6.28. The Morgan fingerprint density at radius 1 is 1.23 bits per heavy atom. The molecule has 9 heteroatoms. The minimum absolute atomic E-state index is 0.139. The minimum atomic E-state index is -0.972. The fourth-order valence-electron chi connectivity index (χ4n) is 2.63. The Balaban J connectivity index is 1.83. The van der Waals surface area contributed by atoms with Gasteiger partial charge in [-0.25, -0.2) is 4.79 Å². The van der Waals surface area contributed by atoms with Gasteiger partial charge in [-0.3, -0.25) is 9.69 Å². The maximum absolute atomic E-state index is 12.3. The van der Waals surface area contributed by atoms with Crippen molar-refractivity contribution in [2.45, 2.75) is 13.5 Å². The number of hydrogen-bond donors (Lipinski definition) is 1. The summed E-state index contributed by atoms with van der Waals surface area (Å²) in [5.41, 5.74) is 1.82. The molecule has 0 spiro atoms. The monoisotopic (exact) mass is 507 g/mol. The molecule has 1 aliphatic heterocycles. The van der Waals surface area contributed by atoms with Crippen LogP contribution < -0.4 is 9.47 Å². The van der Waals surface area contributed by atoms with Gasteiger partial charge in [0.05, 0.1) is 17.1 Å². The first kappa shape index (κ1) is 22.3. The van der Waals surface area contributed by atoms with Crippen LogP contribution in [0.15, 0.2) is 45.8 Å². The van der Waals surface area contributed by atoms with E-state index in [2.05, 4.69) is 15.9 Å². The lowest BCUT2D eigenvalue weighted by atomic mass is 10.1. The number of carboxylic acids is 1. The molecule has 156 valence electrons. The lowest BCUT2D eigenvalue weighted by molar-refractivity contribution is -0.121. The molecule has 1 aliphatic rings. The van der Waals surface area contributed by atoms with E-state index in [0.29, 0.717) is 27.3 Å². The molecule has 0 atom stereocenters. The maximum atomic E-state index is 12.3. The van der Waals surface area contributed by atoms with Gasteiger partial charge < -0.3 is 14.6 Å². The van der Waals surface area contributed by atoms with Crippen LogP contribution in [0.5, 0.6) is 11.5 Å². The van der Waals surface area contributed by atoms with Crippen molar-refractivity contribution in [1.82, 2.24) is 4.90 Å². The van der Waals surface area contributed by atoms with Crippen LogP contribution in [0, 0.1) is 0 Å². The minimum Gasteiger partial charge on any atom is -0.490 e. The molecular weight excluding hydrogens is 490 g/mol. The van der Waals surface area contributed by atoms with Gasteiger partial charge in [0.1, 0.15) is 10.9 Å². The maximum Gasteiger partial charge on any atom is 0.335 e.